The molecule has 6 heteroatoms. The quantitative estimate of drug-likeness (QED) is 0.802. The standard InChI is InChI=1S/C8H8N4OS/c1-13-6-3-2-5(4-10-6)7-11-8(9)14-12-7/h2-4H,1H3,(H2,9,11,12). The molecule has 0 radical (unpaired) electrons. The molecule has 5 nitrogen and oxygen atoms in total. The Hall–Kier alpha value is -1.69. The summed E-state index contributed by atoms with van der Waals surface area (Å²) in [5.41, 5.74) is 6.30. The fraction of sp³-hybridized carbons (Fsp3) is 0.125. The van der Waals surface area contributed by atoms with Crippen LogP contribution in [0.25, 0.3) is 11.4 Å². The number of anilines is 1. The van der Waals surface area contributed by atoms with Gasteiger partial charge in [0.15, 0.2) is 11.0 Å². The Morgan fingerprint density at radius 2 is 2.29 bits per heavy atom. The molecule has 0 aliphatic rings. The number of pyridine rings is 1. The van der Waals surface area contributed by atoms with Crippen molar-refractivity contribution in [3.63, 3.8) is 0 Å². The number of methoxy groups -OCH3 is 1. The van der Waals surface area contributed by atoms with Crippen LogP contribution in [0.2, 0.25) is 0 Å². The van der Waals surface area contributed by atoms with E-state index in [9.17, 15) is 0 Å². The number of rotatable bonds is 2. The maximum Gasteiger partial charge on any atom is 0.212 e. The van der Waals surface area contributed by atoms with Gasteiger partial charge in [0, 0.05) is 29.4 Å². The first-order chi connectivity index (χ1) is 6.79. The van der Waals surface area contributed by atoms with Gasteiger partial charge in [0.2, 0.25) is 5.88 Å². The van der Waals surface area contributed by atoms with Gasteiger partial charge in [-0.05, 0) is 6.07 Å². The summed E-state index contributed by atoms with van der Waals surface area (Å²) in [6, 6.07) is 3.60. The molecule has 0 spiro atoms. The van der Waals surface area contributed by atoms with Gasteiger partial charge >= 0.3 is 0 Å². The van der Waals surface area contributed by atoms with E-state index in [1.165, 1.54) is 11.5 Å². The van der Waals surface area contributed by atoms with E-state index < -0.39 is 0 Å². The zero-order chi connectivity index (χ0) is 9.97. The maximum atomic E-state index is 5.47. The molecule has 2 aromatic heterocycles. The van der Waals surface area contributed by atoms with Crippen LogP contribution >= 0.6 is 11.5 Å². The van der Waals surface area contributed by atoms with Crippen molar-refractivity contribution >= 4 is 16.7 Å². The molecule has 0 saturated carbocycles. The van der Waals surface area contributed by atoms with E-state index in [2.05, 4.69) is 14.3 Å². The number of hydrogen-bond acceptors (Lipinski definition) is 6. The summed E-state index contributed by atoms with van der Waals surface area (Å²) in [5, 5.41) is 0.454. The van der Waals surface area contributed by atoms with Crippen molar-refractivity contribution < 1.29 is 4.74 Å². The van der Waals surface area contributed by atoms with Gasteiger partial charge in [-0.25, -0.2) is 4.98 Å². The van der Waals surface area contributed by atoms with Crippen molar-refractivity contribution in [3.05, 3.63) is 18.3 Å². The van der Waals surface area contributed by atoms with Crippen molar-refractivity contribution in [2.24, 2.45) is 0 Å². The highest BCUT2D eigenvalue weighted by Crippen LogP contribution is 2.19. The second kappa shape index (κ2) is 3.59. The van der Waals surface area contributed by atoms with Crippen LogP contribution in [0.5, 0.6) is 5.88 Å². The minimum Gasteiger partial charge on any atom is -0.481 e. The fourth-order valence-corrected chi connectivity index (χ4v) is 1.44. The summed E-state index contributed by atoms with van der Waals surface area (Å²) in [6.45, 7) is 0. The lowest BCUT2D eigenvalue weighted by molar-refractivity contribution is 0.398. The lowest BCUT2D eigenvalue weighted by Gasteiger charge is -1.98. The van der Waals surface area contributed by atoms with Crippen LogP contribution in [0, 0.1) is 0 Å². The minimum atomic E-state index is 0.454. The van der Waals surface area contributed by atoms with Crippen molar-refractivity contribution in [2.45, 2.75) is 0 Å². The molecule has 0 bridgehead atoms. The number of hydrogen-bond donors (Lipinski definition) is 1. The summed E-state index contributed by atoms with van der Waals surface area (Å²) in [4.78, 5) is 8.09. The Bertz CT molecular complexity index is 425. The van der Waals surface area contributed by atoms with E-state index in [0.717, 1.165) is 5.56 Å². The molecule has 2 heterocycles. The number of nitrogens with zero attached hydrogens (tertiary/aromatic N) is 3. The molecular weight excluding hydrogens is 200 g/mol. The summed E-state index contributed by atoms with van der Waals surface area (Å²) < 4.78 is 9.00. The predicted octanol–water partition coefficient (Wildman–Crippen LogP) is 1.19. The molecule has 0 unspecified atom stereocenters. The van der Waals surface area contributed by atoms with Gasteiger partial charge in [-0.2, -0.15) is 9.36 Å². The topological polar surface area (TPSA) is 73.9 Å². The van der Waals surface area contributed by atoms with Crippen molar-refractivity contribution in [1.29, 1.82) is 0 Å². The van der Waals surface area contributed by atoms with Crippen molar-refractivity contribution in [1.82, 2.24) is 14.3 Å². The molecule has 0 aliphatic heterocycles. The van der Waals surface area contributed by atoms with Crippen LogP contribution < -0.4 is 10.5 Å². The zero-order valence-electron chi connectivity index (χ0n) is 7.47. The van der Waals surface area contributed by atoms with Gasteiger partial charge < -0.3 is 10.5 Å². The van der Waals surface area contributed by atoms with Crippen molar-refractivity contribution in [2.75, 3.05) is 12.8 Å². The molecule has 2 aromatic rings. The Kier molecular flexibility index (Phi) is 2.28. The summed E-state index contributed by atoms with van der Waals surface area (Å²) in [5.74, 6) is 1.17. The van der Waals surface area contributed by atoms with E-state index in [0.29, 0.717) is 16.8 Å². The Labute approximate surface area is 84.7 Å². The number of nitrogen functional groups attached to an aromatic ring is 1. The molecule has 0 fully saturated rings. The lowest BCUT2D eigenvalue weighted by Crippen LogP contribution is -1.88. The number of ether oxygens (including phenoxy) is 1. The SMILES string of the molecule is COc1ccc(-c2nsc(N)n2)cn1. The van der Waals surface area contributed by atoms with Crippen LogP contribution in [-0.2, 0) is 0 Å². The Balaban J connectivity index is 2.33. The summed E-state index contributed by atoms with van der Waals surface area (Å²) >= 11 is 1.17. The summed E-state index contributed by atoms with van der Waals surface area (Å²) in [7, 11) is 1.57. The second-order valence-electron chi connectivity index (χ2n) is 2.55. The van der Waals surface area contributed by atoms with Gasteiger partial charge in [0.25, 0.3) is 0 Å². The molecule has 0 amide bonds. The lowest BCUT2D eigenvalue weighted by atomic mass is 10.3. The first-order valence-electron chi connectivity index (χ1n) is 3.89. The highest BCUT2D eigenvalue weighted by molar-refractivity contribution is 7.09. The highest BCUT2D eigenvalue weighted by Gasteiger charge is 2.04. The van der Waals surface area contributed by atoms with Gasteiger partial charge in [-0.1, -0.05) is 0 Å². The van der Waals surface area contributed by atoms with Crippen LogP contribution in [0.15, 0.2) is 18.3 Å². The third kappa shape index (κ3) is 1.64. The van der Waals surface area contributed by atoms with E-state index in [1.54, 1.807) is 19.4 Å². The van der Waals surface area contributed by atoms with Gasteiger partial charge in [0.1, 0.15) is 0 Å². The molecule has 0 aliphatic carbocycles. The Morgan fingerprint density at radius 3 is 2.79 bits per heavy atom. The maximum absolute atomic E-state index is 5.47. The average molecular weight is 208 g/mol. The monoisotopic (exact) mass is 208 g/mol. The van der Waals surface area contributed by atoms with E-state index >= 15 is 0 Å². The Morgan fingerprint density at radius 1 is 1.43 bits per heavy atom. The molecular formula is C8H8N4OS. The van der Waals surface area contributed by atoms with Crippen LogP contribution in [0.1, 0.15) is 0 Å². The van der Waals surface area contributed by atoms with Crippen LogP contribution in [0.3, 0.4) is 0 Å². The zero-order valence-corrected chi connectivity index (χ0v) is 8.28. The minimum absolute atomic E-state index is 0.454. The van der Waals surface area contributed by atoms with Gasteiger partial charge in [-0.15, -0.1) is 0 Å². The smallest absolute Gasteiger partial charge is 0.212 e. The molecule has 72 valence electrons. The van der Waals surface area contributed by atoms with E-state index in [1.807, 2.05) is 6.07 Å². The second-order valence-corrected chi connectivity index (χ2v) is 3.33. The number of aromatic nitrogens is 3. The van der Waals surface area contributed by atoms with Crippen LogP contribution in [-0.4, -0.2) is 21.5 Å². The van der Waals surface area contributed by atoms with E-state index in [4.69, 9.17) is 10.5 Å². The average Bonchev–Trinajstić information content (AvgIpc) is 2.65. The first kappa shape index (κ1) is 8.89. The summed E-state index contributed by atoms with van der Waals surface area (Å²) in [6.07, 6.45) is 1.65. The predicted molar refractivity (Wildman–Crippen MR) is 54.1 cm³/mol. The third-order valence-electron chi connectivity index (χ3n) is 1.65. The van der Waals surface area contributed by atoms with Crippen molar-refractivity contribution in [3.8, 4) is 17.3 Å². The van der Waals surface area contributed by atoms with Gasteiger partial charge in [-0.3, -0.25) is 0 Å². The molecule has 2 rings (SSSR count). The third-order valence-corrected chi connectivity index (χ3v) is 2.19. The molecule has 0 aromatic carbocycles. The molecule has 14 heavy (non-hydrogen) atoms. The number of nitrogens with two attached hydrogens (primary N) is 1. The molecule has 0 atom stereocenters. The highest BCUT2D eigenvalue weighted by atomic mass is 32.1. The first-order valence-corrected chi connectivity index (χ1v) is 4.66. The van der Waals surface area contributed by atoms with E-state index in [-0.39, 0.29) is 0 Å². The molecule has 0 saturated heterocycles. The van der Waals surface area contributed by atoms with Gasteiger partial charge in [0.05, 0.1) is 7.11 Å². The fourth-order valence-electron chi connectivity index (χ4n) is 0.986. The molecule has 2 N–H and O–H groups in total. The largest absolute Gasteiger partial charge is 0.481 e. The normalized spacial score (nSPS) is 10.1. The van der Waals surface area contributed by atoms with Crippen LogP contribution in [0.4, 0.5) is 5.13 Å².